The summed E-state index contributed by atoms with van der Waals surface area (Å²) in [6.07, 6.45) is 0.418. The number of hydrogen-bond acceptors (Lipinski definition) is 6. The minimum absolute atomic E-state index is 0.0454. The summed E-state index contributed by atoms with van der Waals surface area (Å²) in [6, 6.07) is 15.3. The van der Waals surface area contributed by atoms with Crippen LogP contribution in [-0.4, -0.2) is 30.1 Å². The average Bonchev–Trinajstić information content (AvgIpc) is 3.21. The maximum absolute atomic E-state index is 12.8. The van der Waals surface area contributed by atoms with Crippen molar-refractivity contribution in [2.45, 2.75) is 45.9 Å². The van der Waals surface area contributed by atoms with Crippen molar-refractivity contribution in [3.05, 3.63) is 65.0 Å². The predicted octanol–water partition coefficient (Wildman–Crippen LogP) is 7.01. The summed E-state index contributed by atoms with van der Waals surface area (Å²) < 4.78 is 5.28. The Hall–Kier alpha value is -3.10. The molecule has 0 saturated carbocycles. The largest absolute Gasteiger partial charge is 0.462 e. The number of amides is 2. The van der Waals surface area contributed by atoms with Gasteiger partial charge in [-0.2, -0.15) is 0 Å². The summed E-state index contributed by atoms with van der Waals surface area (Å²) in [7, 11) is 0. The van der Waals surface area contributed by atoms with E-state index in [-0.39, 0.29) is 29.6 Å². The van der Waals surface area contributed by atoms with Crippen LogP contribution in [0.15, 0.2) is 58.8 Å². The number of esters is 1. The molecule has 8 heteroatoms. The molecular weight excluding hydrogens is 492 g/mol. The smallest absolute Gasteiger partial charge is 0.341 e. The topological polar surface area (TPSA) is 84.5 Å². The minimum Gasteiger partial charge on any atom is -0.462 e. The lowest BCUT2D eigenvalue weighted by atomic mass is 9.92. The Labute approximate surface area is 220 Å². The van der Waals surface area contributed by atoms with Crippen LogP contribution >= 0.6 is 23.1 Å². The van der Waals surface area contributed by atoms with Crippen LogP contribution in [0, 0.1) is 12.3 Å². The van der Waals surface area contributed by atoms with Gasteiger partial charge in [0.25, 0.3) is 0 Å². The first kappa shape index (κ1) is 27.5. The second-order valence-corrected chi connectivity index (χ2v) is 11.5. The highest BCUT2D eigenvalue weighted by Gasteiger charge is 2.23. The van der Waals surface area contributed by atoms with Gasteiger partial charge in [0.05, 0.1) is 12.4 Å². The number of thioether (sulfide) groups is 1. The lowest BCUT2D eigenvalue weighted by Crippen LogP contribution is -2.19. The quantitative estimate of drug-likeness (QED) is 0.232. The van der Waals surface area contributed by atoms with Gasteiger partial charge in [-0.3, -0.25) is 9.59 Å². The summed E-state index contributed by atoms with van der Waals surface area (Å²) in [5.74, 6) is -0.587. The Morgan fingerprint density at radius 1 is 1.00 bits per heavy atom. The standard InChI is InChI=1S/C28H32N2O4S2/c1-6-34-27(33)25-22(19-12-10-18(2)11-13-19)16-36-26(25)30-24(32)17-35-21-9-7-8-20(14-21)29-23(31)15-28(3,4)5/h7-14,16H,6,15,17H2,1-5H3,(H,29,31)(H,30,32). The highest BCUT2D eigenvalue weighted by molar-refractivity contribution is 8.00. The molecule has 0 bridgehead atoms. The van der Waals surface area contributed by atoms with Crippen LogP contribution in [0.5, 0.6) is 0 Å². The molecule has 2 amide bonds. The number of aryl methyl sites for hydroxylation is 1. The number of carbonyl (C=O) groups is 3. The molecule has 0 unspecified atom stereocenters. The molecule has 2 aromatic carbocycles. The molecule has 36 heavy (non-hydrogen) atoms. The Kier molecular flexibility index (Phi) is 9.34. The van der Waals surface area contributed by atoms with Crippen LogP contribution in [0.1, 0.15) is 50.0 Å². The maximum Gasteiger partial charge on any atom is 0.341 e. The molecule has 1 heterocycles. The van der Waals surface area contributed by atoms with E-state index in [1.54, 1.807) is 6.92 Å². The van der Waals surface area contributed by atoms with Crippen molar-refractivity contribution in [1.82, 2.24) is 0 Å². The first-order valence-corrected chi connectivity index (χ1v) is 13.6. The molecule has 3 aromatic rings. The van der Waals surface area contributed by atoms with E-state index in [1.165, 1.54) is 23.1 Å². The van der Waals surface area contributed by atoms with Crippen molar-refractivity contribution >= 4 is 51.6 Å². The first-order valence-electron chi connectivity index (χ1n) is 11.7. The molecule has 3 rings (SSSR count). The second-order valence-electron chi connectivity index (χ2n) is 9.59. The maximum atomic E-state index is 12.8. The zero-order valence-electron chi connectivity index (χ0n) is 21.3. The lowest BCUT2D eigenvalue weighted by Gasteiger charge is -2.17. The van der Waals surface area contributed by atoms with Crippen molar-refractivity contribution in [2.75, 3.05) is 23.0 Å². The fourth-order valence-corrected chi connectivity index (χ4v) is 5.19. The molecular formula is C28H32N2O4S2. The van der Waals surface area contributed by atoms with Crippen molar-refractivity contribution in [3.63, 3.8) is 0 Å². The van der Waals surface area contributed by atoms with Crippen LogP contribution in [0.2, 0.25) is 0 Å². The van der Waals surface area contributed by atoms with Crippen LogP contribution in [0.25, 0.3) is 11.1 Å². The third-order valence-electron chi connectivity index (χ3n) is 5.06. The number of benzene rings is 2. The number of ether oxygens (including phenoxy) is 1. The van der Waals surface area contributed by atoms with Gasteiger partial charge in [0.2, 0.25) is 11.8 Å². The third kappa shape index (κ3) is 7.96. The van der Waals surface area contributed by atoms with E-state index in [0.29, 0.717) is 22.7 Å². The predicted molar refractivity (Wildman–Crippen MR) is 149 cm³/mol. The summed E-state index contributed by atoms with van der Waals surface area (Å²) >= 11 is 2.66. The van der Waals surface area contributed by atoms with E-state index < -0.39 is 5.97 Å². The van der Waals surface area contributed by atoms with E-state index in [2.05, 4.69) is 10.6 Å². The zero-order valence-corrected chi connectivity index (χ0v) is 22.9. The van der Waals surface area contributed by atoms with Gasteiger partial charge in [0.1, 0.15) is 10.6 Å². The number of rotatable bonds is 9. The van der Waals surface area contributed by atoms with Gasteiger partial charge < -0.3 is 15.4 Å². The van der Waals surface area contributed by atoms with Crippen LogP contribution in [0.4, 0.5) is 10.7 Å². The van der Waals surface area contributed by atoms with Crippen molar-refractivity contribution in [1.29, 1.82) is 0 Å². The van der Waals surface area contributed by atoms with Gasteiger partial charge >= 0.3 is 5.97 Å². The molecule has 0 spiro atoms. The molecule has 0 saturated heterocycles. The number of anilines is 2. The first-order chi connectivity index (χ1) is 17.1. The Bertz CT molecular complexity index is 1230. The molecule has 0 fully saturated rings. The molecule has 0 aliphatic rings. The van der Waals surface area contributed by atoms with E-state index in [1.807, 2.05) is 81.6 Å². The fourth-order valence-electron chi connectivity index (χ4n) is 3.46. The summed E-state index contributed by atoms with van der Waals surface area (Å²) in [6.45, 7) is 10.0. The van der Waals surface area contributed by atoms with Gasteiger partial charge in [0.15, 0.2) is 0 Å². The van der Waals surface area contributed by atoms with E-state index >= 15 is 0 Å². The molecule has 0 aliphatic heterocycles. The average molecular weight is 525 g/mol. The van der Waals surface area contributed by atoms with Crippen LogP contribution < -0.4 is 10.6 Å². The zero-order chi connectivity index (χ0) is 26.3. The van der Waals surface area contributed by atoms with Gasteiger partial charge in [-0.05, 0) is 43.0 Å². The minimum atomic E-state index is -0.462. The van der Waals surface area contributed by atoms with Crippen LogP contribution in [-0.2, 0) is 14.3 Å². The van der Waals surface area contributed by atoms with Gasteiger partial charge in [-0.15, -0.1) is 23.1 Å². The molecule has 2 N–H and O–H groups in total. The Balaban J connectivity index is 1.68. The molecule has 190 valence electrons. The summed E-state index contributed by atoms with van der Waals surface area (Å²) in [5, 5.41) is 8.13. The lowest BCUT2D eigenvalue weighted by molar-refractivity contribution is -0.118. The van der Waals surface area contributed by atoms with Gasteiger partial charge in [0, 0.05) is 27.9 Å². The number of thiophene rings is 1. The Morgan fingerprint density at radius 3 is 2.39 bits per heavy atom. The number of carbonyl (C=O) groups excluding carboxylic acids is 3. The molecule has 6 nitrogen and oxygen atoms in total. The Morgan fingerprint density at radius 2 is 1.72 bits per heavy atom. The third-order valence-corrected chi connectivity index (χ3v) is 6.95. The highest BCUT2D eigenvalue weighted by Crippen LogP contribution is 2.36. The summed E-state index contributed by atoms with van der Waals surface area (Å²) in [5.41, 5.74) is 3.71. The highest BCUT2D eigenvalue weighted by atomic mass is 32.2. The number of hydrogen-bond donors (Lipinski definition) is 2. The molecule has 0 radical (unpaired) electrons. The van der Waals surface area contributed by atoms with E-state index in [4.69, 9.17) is 4.74 Å². The van der Waals surface area contributed by atoms with Crippen molar-refractivity contribution in [3.8, 4) is 11.1 Å². The van der Waals surface area contributed by atoms with Crippen molar-refractivity contribution in [2.24, 2.45) is 5.41 Å². The molecule has 0 atom stereocenters. The van der Waals surface area contributed by atoms with Crippen LogP contribution in [0.3, 0.4) is 0 Å². The second kappa shape index (κ2) is 12.2. The van der Waals surface area contributed by atoms with Gasteiger partial charge in [-0.25, -0.2) is 4.79 Å². The monoisotopic (exact) mass is 524 g/mol. The molecule has 1 aromatic heterocycles. The fraction of sp³-hybridized carbons (Fsp3) is 0.321. The normalized spacial score (nSPS) is 11.1. The van der Waals surface area contributed by atoms with Gasteiger partial charge in [-0.1, -0.05) is 56.7 Å². The van der Waals surface area contributed by atoms with Crippen molar-refractivity contribution < 1.29 is 19.1 Å². The SMILES string of the molecule is CCOC(=O)c1c(-c2ccc(C)cc2)csc1NC(=O)CSc1cccc(NC(=O)CC(C)(C)C)c1. The molecule has 0 aliphatic carbocycles. The summed E-state index contributed by atoms with van der Waals surface area (Å²) in [4.78, 5) is 38.6. The van der Waals surface area contributed by atoms with E-state index in [0.717, 1.165) is 21.6 Å². The number of nitrogens with one attached hydrogen (secondary N) is 2. The van der Waals surface area contributed by atoms with E-state index in [9.17, 15) is 14.4 Å².